The number of hydrogen-bond donors (Lipinski definition) is 1. The minimum Gasteiger partial charge on any atom is -0.327 e. The summed E-state index contributed by atoms with van der Waals surface area (Å²) >= 11 is 3.13. The lowest BCUT2D eigenvalue weighted by atomic mass is 9.98. The highest BCUT2D eigenvalue weighted by Gasteiger charge is 2.45. The molecule has 2 fully saturated rings. The lowest BCUT2D eigenvalue weighted by molar-refractivity contribution is 0.427. The van der Waals surface area contributed by atoms with Crippen molar-refractivity contribution >= 4 is 26.0 Å². The van der Waals surface area contributed by atoms with E-state index in [0.29, 0.717) is 19.0 Å². The Morgan fingerprint density at radius 3 is 2.70 bits per heavy atom. The van der Waals surface area contributed by atoms with E-state index in [9.17, 15) is 12.8 Å². The van der Waals surface area contributed by atoms with Crippen LogP contribution < -0.4 is 5.73 Å². The van der Waals surface area contributed by atoms with Gasteiger partial charge in [-0.15, -0.1) is 0 Å². The molecule has 0 aromatic heterocycles. The molecule has 1 aromatic rings. The summed E-state index contributed by atoms with van der Waals surface area (Å²) in [6.45, 7) is 0.989. The zero-order chi connectivity index (χ0) is 14.5. The molecule has 4 nitrogen and oxygen atoms in total. The summed E-state index contributed by atoms with van der Waals surface area (Å²) < 4.78 is 40.1. The Morgan fingerprint density at radius 2 is 2.05 bits per heavy atom. The van der Waals surface area contributed by atoms with E-state index in [1.165, 1.54) is 22.5 Å². The first-order chi connectivity index (χ1) is 9.39. The number of hydrogen-bond acceptors (Lipinski definition) is 3. The topological polar surface area (TPSA) is 63.4 Å². The summed E-state index contributed by atoms with van der Waals surface area (Å²) in [4.78, 5) is 0.118. The van der Waals surface area contributed by atoms with Crippen LogP contribution >= 0.6 is 15.9 Å². The molecule has 1 heterocycles. The van der Waals surface area contributed by atoms with Crippen molar-refractivity contribution in [1.82, 2.24) is 4.31 Å². The van der Waals surface area contributed by atoms with Gasteiger partial charge in [-0.2, -0.15) is 4.31 Å². The van der Waals surface area contributed by atoms with Crippen LogP contribution in [0.4, 0.5) is 4.39 Å². The van der Waals surface area contributed by atoms with Crippen LogP contribution in [-0.4, -0.2) is 31.9 Å². The van der Waals surface area contributed by atoms with Crippen molar-refractivity contribution in [1.29, 1.82) is 0 Å². The van der Waals surface area contributed by atoms with Gasteiger partial charge >= 0.3 is 0 Å². The SMILES string of the molecule is NC1CCC2CN(S(=O)(=O)c3ccc(F)cc3Br)CC12. The van der Waals surface area contributed by atoms with E-state index in [2.05, 4.69) is 15.9 Å². The molecule has 1 aliphatic heterocycles. The number of fused-ring (bicyclic) bond motifs is 1. The van der Waals surface area contributed by atoms with Gasteiger partial charge in [0.05, 0.1) is 4.90 Å². The van der Waals surface area contributed by atoms with Gasteiger partial charge in [0.15, 0.2) is 0 Å². The molecule has 2 aliphatic rings. The molecule has 1 aliphatic carbocycles. The summed E-state index contributed by atoms with van der Waals surface area (Å²) in [5, 5.41) is 0. The van der Waals surface area contributed by atoms with Crippen molar-refractivity contribution in [2.24, 2.45) is 17.6 Å². The maximum Gasteiger partial charge on any atom is 0.244 e. The Hall–Kier alpha value is -0.500. The minimum atomic E-state index is -3.59. The van der Waals surface area contributed by atoms with Crippen LogP contribution in [0.5, 0.6) is 0 Å². The average Bonchev–Trinajstić information content (AvgIpc) is 2.92. The second-order valence-corrected chi connectivity index (χ2v) is 8.32. The molecule has 3 rings (SSSR count). The number of nitrogens with zero attached hydrogens (tertiary/aromatic N) is 1. The Balaban J connectivity index is 1.90. The van der Waals surface area contributed by atoms with Crippen LogP contribution in [0.1, 0.15) is 12.8 Å². The normalized spacial score (nSPS) is 30.6. The van der Waals surface area contributed by atoms with Gasteiger partial charge < -0.3 is 5.73 Å². The van der Waals surface area contributed by atoms with Crippen molar-refractivity contribution in [2.45, 2.75) is 23.8 Å². The van der Waals surface area contributed by atoms with E-state index in [0.717, 1.165) is 12.8 Å². The van der Waals surface area contributed by atoms with Gasteiger partial charge in [-0.1, -0.05) is 0 Å². The third-order valence-electron chi connectivity index (χ3n) is 4.39. The van der Waals surface area contributed by atoms with E-state index in [-0.39, 0.29) is 21.3 Å². The van der Waals surface area contributed by atoms with Crippen molar-refractivity contribution in [3.8, 4) is 0 Å². The van der Waals surface area contributed by atoms with Gasteiger partial charge in [0, 0.05) is 23.6 Å². The van der Waals surface area contributed by atoms with Crippen LogP contribution in [0.3, 0.4) is 0 Å². The maximum absolute atomic E-state index is 13.1. The molecule has 7 heteroatoms. The average molecular weight is 363 g/mol. The molecule has 3 unspecified atom stereocenters. The number of rotatable bonds is 2. The van der Waals surface area contributed by atoms with Crippen molar-refractivity contribution < 1.29 is 12.8 Å². The third-order valence-corrected chi connectivity index (χ3v) is 7.20. The first-order valence-corrected chi connectivity index (χ1v) is 8.83. The van der Waals surface area contributed by atoms with E-state index < -0.39 is 15.8 Å². The Kier molecular flexibility index (Phi) is 3.64. The van der Waals surface area contributed by atoms with Crippen LogP contribution in [0.2, 0.25) is 0 Å². The fourth-order valence-corrected chi connectivity index (χ4v) is 5.83. The first-order valence-electron chi connectivity index (χ1n) is 6.60. The maximum atomic E-state index is 13.1. The molecule has 0 amide bonds. The smallest absolute Gasteiger partial charge is 0.244 e. The van der Waals surface area contributed by atoms with Crippen molar-refractivity contribution in [2.75, 3.05) is 13.1 Å². The first kappa shape index (κ1) is 14.4. The monoisotopic (exact) mass is 362 g/mol. The van der Waals surface area contributed by atoms with Gasteiger partial charge in [0.1, 0.15) is 5.82 Å². The third kappa shape index (κ3) is 2.30. The van der Waals surface area contributed by atoms with Gasteiger partial charge in [0.2, 0.25) is 10.0 Å². The predicted molar refractivity (Wildman–Crippen MR) is 77.0 cm³/mol. The second-order valence-electron chi connectivity index (χ2n) is 5.56. The highest BCUT2D eigenvalue weighted by atomic mass is 79.9. The number of sulfonamides is 1. The molecule has 2 N–H and O–H groups in total. The van der Waals surface area contributed by atoms with E-state index >= 15 is 0 Å². The lowest BCUT2D eigenvalue weighted by Gasteiger charge is -2.19. The fourth-order valence-electron chi connectivity index (χ4n) is 3.29. The quantitative estimate of drug-likeness (QED) is 0.874. The number of nitrogens with two attached hydrogens (primary N) is 1. The lowest BCUT2D eigenvalue weighted by Crippen LogP contribution is -2.33. The molecular formula is C13H16BrFN2O2S. The molecule has 0 bridgehead atoms. The molecule has 110 valence electrons. The summed E-state index contributed by atoms with van der Waals surface area (Å²) in [5.74, 6) is 0.152. The molecule has 0 spiro atoms. The van der Waals surface area contributed by atoms with Crippen LogP contribution in [-0.2, 0) is 10.0 Å². The minimum absolute atomic E-state index is 0.0943. The fraction of sp³-hybridized carbons (Fsp3) is 0.538. The van der Waals surface area contributed by atoms with Crippen molar-refractivity contribution in [3.05, 3.63) is 28.5 Å². The Labute approximate surface area is 126 Å². The summed E-state index contributed by atoms with van der Waals surface area (Å²) in [7, 11) is -3.59. The molecular weight excluding hydrogens is 347 g/mol. The summed E-state index contributed by atoms with van der Waals surface area (Å²) in [5.41, 5.74) is 6.03. The van der Waals surface area contributed by atoms with E-state index in [4.69, 9.17) is 5.73 Å². The largest absolute Gasteiger partial charge is 0.327 e. The summed E-state index contributed by atoms with van der Waals surface area (Å²) in [6, 6.07) is 3.75. The zero-order valence-corrected chi connectivity index (χ0v) is 13.2. The molecule has 0 radical (unpaired) electrons. The molecule has 1 saturated carbocycles. The van der Waals surface area contributed by atoms with Crippen LogP contribution in [0, 0.1) is 17.7 Å². The highest BCUT2D eigenvalue weighted by molar-refractivity contribution is 9.10. The van der Waals surface area contributed by atoms with Gasteiger partial charge in [0.25, 0.3) is 0 Å². The highest BCUT2D eigenvalue weighted by Crippen LogP contribution is 2.40. The van der Waals surface area contributed by atoms with Gasteiger partial charge in [-0.3, -0.25) is 0 Å². The zero-order valence-electron chi connectivity index (χ0n) is 10.8. The molecule has 3 atom stereocenters. The predicted octanol–water partition coefficient (Wildman–Crippen LogP) is 1.95. The molecule has 20 heavy (non-hydrogen) atoms. The van der Waals surface area contributed by atoms with E-state index in [1.54, 1.807) is 0 Å². The number of benzene rings is 1. The summed E-state index contributed by atoms with van der Waals surface area (Å²) in [6.07, 6.45) is 1.96. The van der Waals surface area contributed by atoms with Crippen molar-refractivity contribution in [3.63, 3.8) is 0 Å². The van der Waals surface area contributed by atoms with Crippen LogP contribution in [0.15, 0.2) is 27.6 Å². The Morgan fingerprint density at radius 1 is 1.30 bits per heavy atom. The Bertz CT molecular complexity index is 637. The van der Waals surface area contributed by atoms with E-state index in [1.807, 2.05) is 0 Å². The second kappa shape index (κ2) is 5.05. The molecule has 1 saturated heterocycles. The number of halogens is 2. The van der Waals surface area contributed by atoms with Gasteiger partial charge in [-0.25, -0.2) is 12.8 Å². The molecule has 1 aromatic carbocycles. The van der Waals surface area contributed by atoms with Crippen LogP contribution in [0.25, 0.3) is 0 Å². The standard InChI is InChI=1S/C13H16BrFN2O2S/c14-11-5-9(15)2-4-13(11)20(18,19)17-6-8-1-3-12(16)10(8)7-17/h2,4-5,8,10,12H,1,3,6-7,16H2. The van der Waals surface area contributed by atoms with Gasteiger partial charge in [-0.05, 0) is 58.8 Å².